The molecule has 7 nitrogen and oxygen atoms in total. The van der Waals surface area contributed by atoms with Gasteiger partial charge in [0.1, 0.15) is 5.75 Å². The van der Waals surface area contributed by atoms with Crippen molar-refractivity contribution in [3.8, 4) is 5.75 Å². The number of amides is 2. The molecule has 2 spiro atoms. The highest BCUT2D eigenvalue weighted by Crippen LogP contribution is 2.57. The molecule has 31 heavy (non-hydrogen) atoms. The average molecular weight is 430 g/mol. The number of carbonyl (C=O) groups excluding carboxylic acids is 2. The predicted octanol–water partition coefficient (Wildman–Crippen LogP) is 2.12. The van der Waals surface area contributed by atoms with Crippen molar-refractivity contribution in [3.63, 3.8) is 0 Å². The summed E-state index contributed by atoms with van der Waals surface area (Å²) < 4.78 is 10.5. The minimum absolute atomic E-state index is 0.0571. The topological polar surface area (TPSA) is 62.3 Å². The lowest BCUT2D eigenvalue weighted by Gasteiger charge is -2.47. The quantitative estimate of drug-likeness (QED) is 0.693. The van der Waals surface area contributed by atoms with Crippen LogP contribution in [0.2, 0.25) is 0 Å². The fourth-order valence-corrected chi connectivity index (χ4v) is 6.03. The van der Waals surface area contributed by atoms with E-state index in [1.165, 1.54) is 0 Å². The first-order valence-corrected chi connectivity index (χ1v) is 11.4. The summed E-state index contributed by atoms with van der Waals surface area (Å²) >= 11 is 0. The maximum atomic E-state index is 13.5. The number of hydrogen-bond acceptors (Lipinski definition) is 5. The summed E-state index contributed by atoms with van der Waals surface area (Å²) in [5, 5.41) is 0. The second-order valence-corrected chi connectivity index (χ2v) is 9.22. The molecular weight excluding hydrogens is 394 g/mol. The third-order valence-corrected chi connectivity index (χ3v) is 7.88. The van der Waals surface area contributed by atoms with E-state index in [4.69, 9.17) is 9.47 Å². The molecule has 0 unspecified atom stereocenters. The molecular formula is C24H35N3O4. The van der Waals surface area contributed by atoms with Crippen LogP contribution in [0.4, 0.5) is 0 Å². The smallest absolute Gasteiger partial charge is 0.253 e. The first-order valence-electron chi connectivity index (χ1n) is 11.4. The van der Waals surface area contributed by atoms with Crippen molar-refractivity contribution in [1.82, 2.24) is 14.7 Å². The number of benzene rings is 1. The van der Waals surface area contributed by atoms with Crippen molar-refractivity contribution < 1.29 is 19.1 Å². The molecule has 3 fully saturated rings. The van der Waals surface area contributed by atoms with Crippen LogP contribution in [0, 0.1) is 10.8 Å². The Bertz CT molecular complexity index is 804. The molecule has 1 aromatic carbocycles. The summed E-state index contributed by atoms with van der Waals surface area (Å²) in [7, 11) is 3.35. The number of rotatable bonds is 6. The lowest BCUT2D eigenvalue weighted by atomic mass is 9.60. The lowest BCUT2D eigenvalue weighted by molar-refractivity contribution is -0.141. The van der Waals surface area contributed by atoms with Gasteiger partial charge in [0, 0.05) is 63.9 Å². The maximum absolute atomic E-state index is 13.5. The highest BCUT2D eigenvalue weighted by molar-refractivity contribution is 5.94. The van der Waals surface area contributed by atoms with Gasteiger partial charge in [-0.1, -0.05) is 0 Å². The molecule has 1 atom stereocenters. The largest absolute Gasteiger partial charge is 0.497 e. The van der Waals surface area contributed by atoms with Gasteiger partial charge in [-0.25, -0.2) is 0 Å². The molecule has 2 amide bonds. The lowest BCUT2D eigenvalue weighted by Crippen LogP contribution is -2.53. The van der Waals surface area contributed by atoms with Crippen LogP contribution >= 0.6 is 0 Å². The minimum Gasteiger partial charge on any atom is -0.497 e. The first kappa shape index (κ1) is 22.1. The van der Waals surface area contributed by atoms with Gasteiger partial charge in [0.2, 0.25) is 5.91 Å². The van der Waals surface area contributed by atoms with Crippen LogP contribution in [0.5, 0.6) is 5.75 Å². The summed E-state index contributed by atoms with van der Waals surface area (Å²) in [6, 6.07) is 7.31. The SMILES string of the molecule is CCN1CC[C@@]2(CN(CCOC)CC23CCN(C(=O)c2ccc(OC)cc2)CC3)C1=O. The fourth-order valence-electron chi connectivity index (χ4n) is 6.03. The summed E-state index contributed by atoms with van der Waals surface area (Å²) in [4.78, 5) is 33.0. The van der Waals surface area contributed by atoms with Crippen LogP contribution < -0.4 is 4.74 Å². The second kappa shape index (κ2) is 8.79. The van der Waals surface area contributed by atoms with Crippen molar-refractivity contribution in [2.45, 2.75) is 26.2 Å². The zero-order valence-electron chi connectivity index (χ0n) is 19.1. The number of ether oxygens (including phenoxy) is 2. The molecule has 4 rings (SSSR count). The Morgan fingerprint density at radius 1 is 1.03 bits per heavy atom. The number of fused-ring (bicyclic) bond motifs is 1. The monoisotopic (exact) mass is 429 g/mol. The molecule has 0 N–H and O–H groups in total. The van der Waals surface area contributed by atoms with Gasteiger partial charge >= 0.3 is 0 Å². The summed E-state index contributed by atoms with van der Waals surface area (Å²) in [5.41, 5.74) is 0.318. The Morgan fingerprint density at radius 3 is 2.32 bits per heavy atom. The molecule has 3 saturated heterocycles. The number of likely N-dealkylation sites (tertiary alicyclic amines) is 3. The maximum Gasteiger partial charge on any atom is 0.253 e. The molecule has 0 aliphatic carbocycles. The highest BCUT2D eigenvalue weighted by atomic mass is 16.5. The normalized spacial score (nSPS) is 25.7. The van der Waals surface area contributed by atoms with E-state index in [1.807, 2.05) is 34.1 Å². The molecule has 0 saturated carbocycles. The molecule has 0 aromatic heterocycles. The van der Waals surface area contributed by atoms with E-state index in [-0.39, 0.29) is 16.7 Å². The second-order valence-electron chi connectivity index (χ2n) is 9.22. The van der Waals surface area contributed by atoms with E-state index in [0.29, 0.717) is 31.2 Å². The molecule has 0 bridgehead atoms. The summed E-state index contributed by atoms with van der Waals surface area (Å²) in [6.07, 6.45) is 2.68. The highest BCUT2D eigenvalue weighted by Gasteiger charge is 2.64. The Morgan fingerprint density at radius 2 is 1.74 bits per heavy atom. The van der Waals surface area contributed by atoms with Gasteiger partial charge in [-0.15, -0.1) is 0 Å². The van der Waals surface area contributed by atoms with Crippen LogP contribution in [-0.4, -0.2) is 93.2 Å². The molecule has 3 aliphatic rings. The van der Waals surface area contributed by atoms with Crippen LogP contribution in [-0.2, 0) is 9.53 Å². The van der Waals surface area contributed by atoms with Gasteiger partial charge < -0.3 is 19.3 Å². The van der Waals surface area contributed by atoms with E-state index >= 15 is 0 Å². The van der Waals surface area contributed by atoms with Crippen molar-refractivity contribution in [2.75, 3.05) is 66.6 Å². The molecule has 1 aromatic rings. The van der Waals surface area contributed by atoms with Crippen LogP contribution in [0.15, 0.2) is 24.3 Å². The molecule has 7 heteroatoms. The standard InChI is InChI=1S/C24H35N3O4/c1-4-26-14-11-24(22(26)29)18-25(15-16-30-2)17-23(24)9-12-27(13-10-23)21(28)19-5-7-20(31-3)8-6-19/h5-8H,4,9-18H2,1-3H3/t24-/m1/s1. The Kier molecular flexibility index (Phi) is 6.26. The van der Waals surface area contributed by atoms with Gasteiger partial charge in [0.15, 0.2) is 0 Å². The van der Waals surface area contributed by atoms with E-state index < -0.39 is 0 Å². The molecule has 3 heterocycles. The number of methoxy groups -OCH3 is 2. The molecule has 3 aliphatic heterocycles. The molecule has 170 valence electrons. The zero-order chi connectivity index (χ0) is 22.1. The van der Waals surface area contributed by atoms with Crippen LogP contribution in [0.25, 0.3) is 0 Å². The van der Waals surface area contributed by atoms with Crippen LogP contribution in [0.3, 0.4) is 0 Å². The predicted molar refractivity (Wildman–Crippen MR) is 118 cm³/mol. The number of nitrogens with zero attached hydrogens (tertiary/aromatic N) is 3. The molecule has 0 radical (unpaired) electrons. The Hall–Kier alpha value is -2.12. The summed E-state index contributed by atoms with van der Waals surface area (Å²) in [5.74, 6) is 1.14. The van der Waals surface area contributed by atoms with Crippen LogP contribution in [0.1, 0.15) is 36.5 Å². The minimum atomic E-state index is -0.313. The average Bonchev–Trinajstić information content (AvgIpc) is 3.29. The number of piperidine rings is 1. The van der Waals surface area contributed by atoms with E-state index in [9.17, 15) is 9.59 Å². The van der Waals surface area contributed by atoms with Crippen molar-refractivity contribution in [3.05, 3.63) is 29.8 Å². The van der Waals surface area contributed by atoms with E-state index in [1.54, 1.807) is 14.2 Å². The van der Waals surface area contributed by atoms with Gasteiger partial charge in [0.25, 0.3) is 5.91 Å². The zero-order valence-corrected chi connectivity index (χ0v) is 19.1. The fraction of sp³-hybridized carbons (Fsp3) is 0.667. The van der Waals surface area contributed by atoms with Gasteiger partial charge in [-0.2, -0.15) is 0 Å². The van der Waals surface area contributed by atoms with E-state index in [2.05, 4.69) is 11.8 Å². The Balaban J connectivity index is 1.51. The summed E-state index contributed by atoms with van der Waals surface area (Å²) in [6.45, 7) is 8.36. The number of carbonyl (C=O) groups is 2. The van der Waals surface area contributed by atoms with Crippen molar-refractivity contribution in [1.29, 1.82) is 0 Å². The van der Waals surface area contributed by atoms with Gasteiger partial charge in [0.05, 0.1) is 19.1 Å². The van der Waals surface area contributed by atoms with Gasteiger partial charge in [-0.3, -0.25) is 14.5 Å². The Labute approximate surface area is 185 Å². The third-order valence-electron chi connectivity index (χ3n) is 7.88. The third kappa shape index (κ3) is 3.72. The van der Waals surface area contributed by atoms with Gasteiger partial charge in [-0.05, 0) is 50.5 Å². The first-order chi connectivity index (χ1) is 15.0. The van der Waals surface area contributed by atoms with E-state index in [0.717, 1.165) is 57.7 Å². The number of hydrogen-bond donors (Lipinski definition) is 0. The van der Waals surface area contributed by atoms with Crippen molar-refractivity contribution >= 4 is 11.8 Å². The van der Waals surface area contributed by atoms with Crippen molar-refractivity contribution in [2.24, 2.45) is 10.8 Å².